The number of unbranched alkanes of at least 4 members (excludes halogenated alkanes) is 9. The van der Waals surface area contributed by atoms with Crippen molar-refractivity contribution in [3.05, 3.63) is 60.8 Å². The van der Waals surface area contributed by atoms with Crippen LogP contribution in [0.2, 0.25) is 0 Å². The molecule has 0 amide bonds. The third-order valence-corrected chi connectivity index (χ3v) is 3.63. The van der Waals surface area contributed by atoms with Gasteiger partial charge in [-0.2, -0.15) is 0 Å². The molecule has 0 aliphatic rings. The van der Waals surface area contributed by atoms with Gasteiger partial charge in [0, 0.05) is 6.08 Å². The minimum absolute atomic E-state index is 0.930. The average molecular weight is 331 g/mol. The highest BCUT2D eigenvalue weighted by molar-refractivity contribution is 5.80. The van der Waals surface area contributed by atoms with Gasteiger partial charge in [0.05, 0.1) is 0 Å². The molecule has 134 valence electrons. The van der Waals surface area contributed by atoms with E-state index in [0.29, 0.717) is 0 Å². The Morgan fingerprint density at radius 3 is 1.67 bits per heavy atom. The van der Waals surface area contributed by atoms with E-state index in [-0.39, 0.29) is 0 Å². The van der Waals surface area contributed by atoms with Crippen LogP contribution in [0.4, 0.5) is 0 Å². The number of carboxylic acids is 1. The van der Waals surface area contributed by atoms with Gasteiger partial charge in [0.2, 0.25) is 0 Å². The minimum Gasteiger partial charge on any atom is -0.478 e. The first-order valence-electron chi connectivity index (χ1n) is 9.33. The van der Waals surface area contributed by atoms with Crippen LogP contribution in [-0.2, 0) is 4.79 Å². The third kappa shape index (κ3) is 20.2. The number of hydrogen-bond acceptors (Lipinski definition) is 1. The van der Waals surface area contributed by atoms with E-state index in [1.165, 1.54) is 63.9 Å². The van der Waals surface area contributed by atoms with Gasteiger partial charge >= 0.3 is 5.97 Å². The van der Waals surface area contributed by atoms with Gasteiger partial charge in [0.25, 0.3) is 0 Å². The molecule has 0 aromatic carbocycles. The summed E-state index contributed by atoms with van der Waals surface area (Å²) in [5, 5.41) is 8.40. The maximum Gasteiger partial charge on any atom is 0.328 e. The Labute approximate surface area is 148 Å². The summed E-state index contributed by atoms with van der Waals surface area (Å²) in [6, 6.07) is 0. The normalized spacial score (nSPS) is 12.7. The molecule has 1 N–H and O–H groups in total. The van der Waals surface area contributed by atoms with Crippen LogP contribution in [0.1, 0.15) is 71.1 Å². The van der Waals surface area contributed by atoms with E-state index in [0.717, 1.165) is 12.5 Å². The van der Waals surface area contributed by atoms with Gasteiger partial charge in [0.15, 0.2) is 0 Å². The smallest absolute Gasteiger partial charge is 0.328 e. The van der Waals surface area contributed by atoms with Crippen molar-refractivity contribution in [3.63, 3.8) is 0 Å². The monoisotopic (exact) mass is 330 g/mol. The summed E-state index contributed by atoms with van der Waals surface area (Å²) in [7, 11) is 0. The van der Waals surface area contributed by atoms with Crippen LogP contribution in [0, 0.1) is 0 Å². The molecule has 0 saturated carbocycles. The molecule has 0 aliphatic heterocycles. The lowest BCUT2D eigenvalue weighted by molar-refractivity contribution is -0.131. The molecule has 0 heterocycles. The average Bonchev–Trinajstić information content (AvgIpc) is 2.56. The molecule has 2 heteroatoms. The second-order valence-electron chi connectivity index (χ2n) is 5.90. The van der Waals surface area contributed by atoms with Crippen molar-refractivity contribution in [1.82, 2.24) is 0 Å². The van der Waals surface area contributed by atoms with Crippen LogP contribution in [-0.4, -0.2) is 11.1 Å². The van der Waals surface area contributed by atoms with Crippen molar-refractivity contribution in [1.29, 1.82) is 0 Å². The van der Waals surface area contributed by atoms with Gasteiger partial charge in [-0.15, -0.1) is 0 Å². The predicted octanol–water partition coefficient (Wildman–Crippen LogP) is 6.77. The molecule has 0 saturated heterocycles. The van der Waals surface area contributed by atoms with E-state index < -0.39 is 5.97 Å². The lowest BCUT2D eigenvalue weighted by atomic mass is 10.1. The number of aliphatic carboxylic acids is 1. The van der Waals surface area contributed by atoms with Crippen LogP contribution < -0.4 is 0 Å². The Balaban J connectivity index is 3.44. The summed E-state index contributed by atoms with van der Waals surface area (Å²) in [5.74, 6) is -0.930. The highest BCUT2D eigenvalue weighted by Crippen LogP contribution is 2.10. The van der Waals surface area contributed by atoms with Crippen LogP contribution in [0.15, 0.2) is 60.8 Å². The first-order chi connectivity index (χ1) is 11.8. The van der Waals surface area contributed by atoms with Gasteiger partial charge in [-0.3, -0.25) is 0 Å². The molecular formula is C22H34O2. The van der Waals surface area contributed by atoms with Crippen LogP contribution in [0.3, 0.4) is 0 Å². The zero-order valence-corrected chi connectivity index (χ0v) is 15.2. The lowest BCUT2D eigenvalue weighted by Gasteiger charge is -2.00. The topological polar surface area (TPSA) is 37.3 Å². The first-order valence-corrected chi connectivity index (χ1v) is 9.33. The Hall–Kier alpha value is -1.83. The quantitative estimate of drug-likeness (QED) is 0.204. The van der Waals surface area contributed by atoms with E-state index in [2.05, 4.69) is 19.1 Å². The van der Waals surface area contributed by atoms with Crippen molar-refractivity contribution in [2.75, 3.05) is 0 Å². The fourth-order valence-electron chi connectivity index (χ4n) is 2.27. The van der Waals surface area contributed by atoms with Crippen LogP contribution in [0.5, 0.6) is 0 Å². The summed E-state index contributed by atoms with van der Waals surface area (Å²) in [6.07, 6.45) is 31.7. The first kappa shape index (κ1) is 22.2. The maximum absolute atomic E-state index is 10.2. The van der Waals surface area contributed by atoms with E-state index in [9.17, 15) is 4.79 Å². The highest BCUT2D eigenvalue weighted by Gasteiger charge is 1.90. The molecule has 0 rings (SSSR count). The standard InChI is InChI=1S/C22H34O2/c1-2-3-4-5-6-7-8-9-10-11-12-13-14-15-16-17-18-19-20-21-22(23)24/h12-21H,2-11H2,1H3,(H,23,24)/b13-12-,15-14-,17-16-,19-18+,21-20?. The molecule has 2 nitrogen and oxygen atoms in total. The molecule has 0 radical (unpaired) electrons. The molecule has 0 atom stereocenters. The molecule has 0 aromatic rings. The minimum atomic E-state index is -0.930. The second kappa shape index (κ2) is 19.2. The molecule has 0 spiro atoms. The molecular weight excluding hydrogens is 296 g/mol. The molecule has 24 heavy (non-hydrogen) atoms. The van der Waals surface area contributed by atoms with E-state index in [1.807, 2.05) is 24.3 Å². The molecule has 0 bridgehead atoms. The fourth-order valence-corrected chi connectivity index (χ4v) is 2.27. The lowest BCUT2D eigenvalue weighted by Crippen LogP contribution is -1.84. The second-order valence-corrected chi connectivity index (χ2v) is 5.90. The molecule has 0 aliphatic carbocycles. The zero-order valence-electron chi connectivity index (χ0n) is 15.2. The van der Waals surface area contributed by atoms with Gasteiger partial charge in [0.1, 0.15) is 0 Å². The van der Waals surface area contributed by atoms with Gasteiger partial charge in [-0.1, -0.05) is 113 Å². The Morgan fingerprint density at radius 1 is 0.667 bits per heavy atom. The number of hydrogen-bond donors (Lipinski definition) is 1. The van der Waals surface area contributed by atoms with Crippen molar-refractivity contribution in [2.24, 2.45) is 0 Å². The predicted molar refractivity (Wildman–Crippen MR) is 105 cm³/mol. The summed E-state index contributed by atoms with van der Waals surface area (Å²) < 4.78 is 0. The summed E-state index contributed by atoms with van der Waals surface area (Å²) in [5.41, 5.74) is 0. The van der Waals surface area contributed by atoms with E-state index in [4.69, 9.17) is 5.11 Å². The summed E-state index contributed by atoms with van der Waals surface area (Å²) in [6.45, 7) is 2.26. The number of carbonyl (C=O) groups is 1. The molecule has 0 aromatic heterocycles. The zero-order chi connectivity index (χ0) is 17.7. The number of carboxylic acid groups (broad SMARTS) is 1. The van der Waals surface area contributed by atoms with E-state index in [1.54, 1.807) is 12.2 Å². The SMILES string of the molecule is CCCCCCCCCCC\C=C/C=C\C=C/C=C/C=CC(=O)O. The van der Waals surface area contributed by atoms with Crippen molar-refractivity contribution in [2.45, 2.75) is 71.1 Å². The number of allylic oxidation sites excluding steroid dienone is 9. The third-order valence-electron chi connectivity index (χ3n) is 3.63. The van der Waals surface area contributed by atoms with E-state index >= 15 is 0 Å². The maximum atomic E-state index is 10.2. The Morgan fingerprint density at radius 2 is 1.12 bits per heavy atom. The van der Waals surface area contributed by atoms with Crippen LogP contribution in [0.25, 0.3) is 0 Å². The molecule has 0 fully saturated rings. The summed E-state index contributed by atoms with van der Waals surface area (Å²) in [4.78, 5) is 10.2. The molecule has 0 unspecified atom stereocenters. The van der Waals surface area contributed by atoms with Gasteiger partial charge in [-0.05, 0) is 12.8 Å². The van der Waals surface area contributed by atoms with Crippen molar-refractivity contribution in [3.8, 4) is 0 Å². The van der Waals surface area contributed by atoms with Crippen molar-refractivity contribution < 1.29 is 9.90 Å². The number of rotatable bonds is 15. The Kier molecular flexibility index (Phi) is 17.8. The fraction of sp³-hybridized carbons (Fsp3) is 0.500. The summed E-state index contributed by atoms with van der Waals surface area (Å²) >= 11 is 0. The van der Waals surface area contributed by atoms with Gasteiger partial charge in [-0.25, -0.2) is 4.79 Å². The Bertz CT molecular complexity index is 425. The highest BCUT2D eigenvalue weighted by atomic mass is 16.4. The largest absolute Gasteiger partial charge is 0.478 e. The van der Waals surface area contributed by atoms with Crippen molar-refractivity contribution >= 4 is 5.97 Å². The van der Waals surface area contributed by atoms with Gasteiger partial charge < -0.3 is 5.11 Å². The van der Waals surface area contributed by atoms with Crippen LogP contribution >= 0.6 is 0 Å².